The van der Waals surface area contributed by atoms with E-state index in [9.17, 15) is 0 Å². The lowest BCUT2D eigenvalue weighted by Crippen LogP contribution is -1.71. The molecule has 24 valence electrons. The van der Waals surface area contributed by atoms with Gasteiger partial charge in [0.1, 0.15) is 0 Å². The van der Waals surface area contributed by atoms with Crippen molar-refractivity contribution in [3.63, 3.8) is 0 Å². The van der Waals surface area contributed by atoms with E-state index < -0.39 is 0 Å². The maximum Gasteiger partial charge on any atom is 0.279 e. The molecule has 0 aromatic heterocycles. The summed E-state index contributed by atoms with van der Waals surface area (Å²) in [5.41, 5.74) is 0. The molecule has 0 radical (unpaired) electrons. The first-order valence-corrected chi connectivity index (χ1v) is 1.70. The molecular formula is CH4O2Si. The maximum absolute atomic E-state index is 8.99. The van der Waals surface area contributed by atoms with Crippen LogP contribution in [0, 0.1) is 0 Å². The highest BCUT2D eigenvalue weighted by Gasteiger charge is 1.44. The molecule has 0 saturated heterocycles. The van der Waals surface area contributed by atoms with Crippen LogP contribution in [0.5, 0.6) is 0 Å². The summed E-state index contributed by atoms with van der Waals surface area (Å²) in [6.45, 7) is 0.437. The van der Waals surface area contributed by atoms with Crippen LogP contribution in [0.25, 0.3) is 0 Å². The van der Waals surface area contributed by atoms with Crippen molar-refractivity contribution in [3.8, 4) is 0 Å². The molecule has 0 atom stereocenters. The molecule has 0 rings (SSSR count). The third-order valence-corrected chi connectivity index (χ3v) is 0.289. The molecule has 2 nitrogen and oxygen atoms in total. The van der Waals surface area contributed by atoms with Gasteiger partial charge in [-0.25, -0.2) is 0 Å². The van der Waals surface area contributed by atoms with Crippen LogP contribution in [0.1, 0.15) is 0 Å². The molecule has 0 bridgehead atoms. The van der Waals surface area contributed by atoms with Crippen LogP contribution >= 0.6 is 0 Å². The van der Waals surface area contributed by atoms with Crippen LogP contribution in [-0.2, 0) is 9.22 Å². The van der Waals surface area contributed by atoms with E-state index in [0.717, 1.165) is 0 Å². The van der Waals surface area contributed by atoms with E-state index in [2.05, 4.69) is 4.43 Å². The molecule has 0 fully saturated rings. The van der Waals surface area contributed by atoms with Crippen LogP contribution in [0.3, 0.4) is 0 Å². The fraction of sp³-hybridized carbons (Fsp3) is 0. The smallest absolute Gasteiger partial charge is 0.279 e. The fourth-order valence-corrected chi connectivity index (χ4v) is 0. The van der Waals surface area contributed by atoms with Gasteiger partial charge in [0.2, 0.25) is 10.5 Å². The lowest BCUT2D eigenvalue weighted by molar-refractivity contribution is -0.120. The van der Waals surface area contributed by atoms with E-state index in [1.807, 2.05) is 0 Å². The lowest BCUT2D eigenvalue weighted by Gasteiger charge is -1.68. The van der Waals surface area contributed by atoms with Gasteiger partial charge in [0.05, 0.1) is 0 Å². The second-order valence-electron chi connectivity index (χ2n) is 0.332. The van der Waals surface area contributed by atoms with E-state index >= 15 is 0 Å². The van der Waals surface area contributed by atoms with Crippen LogP contribution in [0.2, 0.25) is 0 Å². The van der Waals surface area contributed by atoms with Gasteiger partial charge in [0.25, 0.3) is 6.47 Å². The van der Waals surface area contributed by atoms with Gasteiger partial charge >= 0.3 is 0 Å². The Balaban J connectivity index is 2.30. The lowest BCUT2D eigenvalue weighted by atomic mass is 11.7. The van der Waals surface area contributed by atoms with E-state index in [4.69, 9.17) is 4.79 Å². The van der Waals surface area contributed by atoms with Crippen molar-refractivity contribution in [2.24, 2.45) is 0 Å². The highest BCUT2D eigenvalue weighted by molar-refractivity contribution is 6.01. The minimum absolute atomic E-state index is 0.437. The Hall–Kier alpha value is -0.313. The summed E-state index contributed by atoms with van der Waals surface area (Å²) in [6, 6.07) is 0. The van der Waals surface area contributed by atoms with Gasteiger partial charge < -0.3 is 4.43 Å². The third kappa shape index (κ3) is 1.69. The highest BCUT2D eigenvalue weighted by atomic mass is 28.2. The molecule has 0 aromatic carbocycles. The van der Waals surface area contributed by atoms with Crippen molar-refractivity contribution >= 4 is 17.0 Å². The molecule has 0 aliphatic carbocycles. The molecule has 0 aliphatic heterocycles. The molecule has 0 unspecified atom stereocenters. The monoisotopic (exact) mass is 76.0 g/mol. The Labute approximate surface area is 27.3 Å². The molecule has 0 N–H and O–H groups in total. The molecule has 0 saturated carbocycles. The van der Waals surface area contributed by atoms with Crippen LogP contribution in [0.15, 0.2) is 0 Å². The summed E-state index contributed by atoms with van der Waals surface area (Å²) >= 11 is 0. The molecular weight excluding hydrogens is 72.1 g/mol. The first-order chi connectivity index (χ1) is 1.91. The predicted molar refractivity (Wildman–Crippen MR) is 17.1 cm³/mol. The minimum Gasteiger partial charge on any atom is -0.531 e. The van der Waals surface area contributed by atoms with Crippen LogP contribution in [-0.4, -0.2) is 17.0 Å². The highest BCUT2D eigenvalue weighted by Crippen LogP contribution is 1.32. The van der Waals surface area contributed by atoms with Crippen molar-refractivity contribution in [2.75, 3.05) is 0 Å². The Morgan fingerprint density at radius 3 is 2.25 bits per heavy atom. The maximum atomic E-state index is 8.99. The Bertz CT molecular complexity index is 20.0. The van der Waals surface area contributed by atoms with Gasteiger partial charge in [-0.15, -0.1) is 0 Å². The van der Waals surface area contributed by atoms with E-state index in [1.165, 1.54) is 0 Å². The van der Waals surface area contributed by atoms with Gasteiger partial charge in [0, 0.05) is 0 Å². The first-order valence-electron chi connectivity index (χ1n) is 0.880. The number of rotatable bonds is 1. The quantitative estimate of drug-likeness (QED) is 0.279. The van der Waals surface area contributed by atoms with Crippen molar-refractivity contribution in [2.45, 2.75) is 0 Å². The molecule has 3 heteroatoms. The van der Waals surface area contributed by atoms with Crippen molar-refractivity contribution in [3.05, 3.63) is 0 Å². The summed E-state index contributed by atoms with van der Waals surface area (Å²) in [5.74, 6) is 0. The normalized spacial score (nSPS) is 6.00. The zero-order valence-electron chi connectivity index (χ0n) is 2.39. The van der Waals surface area contributed by atoms with Gasteiger partial charge in [0.15, 0.2) is 0 Å². The van der Waals surface area contributed by atoms with Crippen molar-refractivity contribution < 1.29 is 9.22 Å². The van der Waals surface area contributed by atoms with Crippen molar-refractivity contribution in [1.82, 2.24) is 0 Å². The second-order valence-corrected chi connectivity index (χ2v) is 0.803. The standard InChI is InChI=1S/CH4O2Si/c2-1-3-4/h1H,4H3. The van der Waals surface area contributed by atoms with Crippen molar-refractivity contribution in [1.29, 1.82) is 0 Å². The molecule has 0 aliphatic rings. The van der Waals surface area contributed by atoms with E-state index in [0.29, 0.717) is 17.0 Å². The zero-order valence-corrected chi connectivity index (χ0v) is 4.39. The van der Waals surface area contributed by atoms with Crippen LogP contribution in [0.4, 0.5) is 0 Å². The van der Waals surface area contributed by atoms with Gasteiger partial charge in [-0.1, -0.05) is 0 Å². The summed E-state index contributed by atoms with van der Waals surface area (Å²) in [6.07, 6.45) is 0. The first kappa shape index (κ1) is 3.69. The third-order valence-electron chi connectivity index (χ3n) is 0.0962. The van der Waals surface area contributed by atoms with Gasteiger partial charge in [-0.2, -0.15) is 0 Å². The minimum atomic E-state index is 0.437. The van der Waals surface area contributed by atoms with Gasteiger partial charge in [-0.3, -0.25) is 4.79 Å². The number of carbonyl (C=O) groups is 1. The average molecular weight is 76.1 g/mol. The van der Waals surface area contributed by atoms with Crippen LogP contribution < -0.4 is 0 Å². The number of carbonyl (C=O) groups excluding carboxylic acids is 1. The topological polar surface area (TPSA) is 26.3 Å². The molecule has 0 aromatic rings. The number of hydrogen-bond acceptors (Lipinski definition) is 2. The summed E-state index contributed by atoms with van der Waals surface area (Å²) in [4.78, 5) is 8.99. The van der Waals surface area contributed by atoms with E-state index in [-0.39, 0.29) is 0 Å². The second kappa shape index (κ2) is 2.69. The molecule has 0 heterocycles. The summed E-state index contributed by atoms with van der Waals surface area (Å²) in [7, 11) is 0.522. The number of hydrogen-bond donors (Lipinski definition) is 0. The average Bonchev–Trinajstić information content (AvgIpc) is 1.37. The zero-order chi connectivity index (χ0) is 3.41. The Morgan fingerprint density at radius 2 is 2.25 bits per heavy atom. The summed E-state index contributed by atoms with van der Waals surface area (Å²) in [5, 5.41) is 0. The largest absolute Gasteiger partial charge is 0.531 e. The fourth-order valence-electron chi connectivity index (χ4n) is 0. The van der Waals surface area contributed by atoms with E-state index in [1.54, 1.807) is 0 Å². The summed E-state index contributed by atoms with van der Waals surface area (Å²) < 4.78 is 4.00. The molecule has 4 heavy (non-hydrogen) atoms. The molecule has 0 spiro atoms. The Morgan fingerprint density at radius 1 is 2.00 bits per heavy atom. The predicted octanol–water partition coefficient (Wildman–Crippen LogP) is -1.56. The SMILES string of the molecule is O=CO[SiH3]. The van der Waals surface area contributed by atoms with Gasteiger partial charge in [-0.05, 0) is 0 Å². The molecule has 0 amide bonds. The Kier molecular flexibility index (Phi) is 2.48.